The fraction of sp³-hybridized carbons (Fsp3) is 0.467. The molecule has 0 fully saturated rings. The minimum absolute atomic E-state index is 0.00549. The summed E-state index contributed by atoms with van der Waals surface area (Å²) in [5, 5.41) is 2.90. The van der Waals surface area contributed by atoms with E-state index in [-0.39, 0.29) is 11.8 Å². The molecule has 0 spiro atoms. The Morgan fingerprint density at radius 3 is 2.60 bits per heavy atom. The predicted octanol–water partition coefficient (Wildman–Crippen LogP) is 1.73. The molecule has 1 aromatic carbocycles. The highest BCUT2D eigenvalue weighted by atomic mass is 16.2. The number of hydrogen-bond acceptors (Lipinski definition) is 3. The van der Waals surface area contributed by atoms with Crippen molar-refractivity contribution in [1.29, 1.82) is 0 Å². The van der Waals surface area contributed by atoms with Gasteiger partial charge >= 0.3 is 0 Å². The number of carbonyl (C=O) groups excluding carboxylic acids is 2. The monoisotopic (exact) mass is 277 g/mol. The van der Waals surface area contributed by atoms with Crippen LogP contribution in [0.15, 0.2) is 24.3 Å². The van der Waals surface area contributed by atoms with Gasteiger partial charge in [0.25, 0.3) is 0 Å². The summed E-state index contributed by atoms with van der Waals surface area (Å²) < 4.78 is 0. The molecule has 1 aromatic rings. The standard InChI is InChI=1S/C15H23N3O2/c1-12(19)18(2)11-13-7-3-4-8-14(13)17-15(20)9-5-6-10-16/h3-4,7-8H,5-6,9-11,16H2,1-2H3,(H,17,20). The maximum Gasteiger partial charge on any atom is 0.224 e. The number of rotatable bonds is 7. The topological polar surface area (TPSA) is 75.4 Å². The van der Waals surface area contributed by atoms with Gasteiger partial charge in [-0.05, 0) is 31.0 Å². The zero-order chi connectivity index (χ0) is 15.0. The third kappa shape index (κ3) is 5.40. The van der Waals surface area contributed by atoms with Crippen molar-refractivity contribution in [3.63, 3.8) is 0 Å². The van der Waals surface area contributed by atoms with Crippen LogP contribution in [-0.4, -0.2) is 30.3 Å². The third-order valence-electron chi connectivity index (χ3n) is 3.09. The molecule has 2 amide bonds. The lowest BCUT2D eigenvalue weighted by atomic mass is 10.1. The number of nitrogens with one attached hydrogen (secondary N) is 1. The maximum atomic E-state index is 11.8. The van der Waals surface area contributed by atoms with E-state index in [2.05, 4.69) is 5.32 Å². The van der Waals surface area contributed by atoms with E-state index in [9.17, 15) is 9.59 Å². The van der Waals surface area contributed by atoms with Crippen LogP contribution in [0.3, 0.4) is 0 Å². The summed E-state index contributed by atoms with van der Waals surface area (Å²) in [4.78, 5) is 24.7. The molecule has 0 atom stereocenters. The molecule has 0 aliphatic heterocycles. The second-order valence-corrected chi connectivity index (χ2v) is 4.83. The second-order valence-electron chi connectivity index (χ2n) is 4.83. The van der Waals surface area contributed by atoms with E-state index in [1.165, 1.54) is 6.92 Å². The van der Waals surface area contributed by atoms with Crippen molar-refractivity contribution in [3.05, 3.63) is 29.8 Å². The Balaban J connectivity index is 2.65. The quantitative estimate of drug-likeness (QED) is 0.745. The Kier molecular flexibility index (Phi) is 6.73. The van der Waals surface area contributed by atoms with Gasteiger partial charge in [-0.2, -0.15) is 0 Å². The molecule has 110 valence electrons. The summed E-state index contributed by atoms with van der Waals surface area (Å²) in [5.41, 5.74) is 7.10. The minimum Gasteiger partial charge on any atom is -0.342 e. The Morgan fingerprint density at radius 2 is 1.95 bits per heavy atom. The van der Waals surface area contributed by atoms with Crippen LogP contribution < -0.4 is 11.1 Å². The first kappa shape index (κ1) is 16.2. The number of carbonyl (C=O) groups is 2. The Morgan fingerprint density at radius 1 is 1.25 bits per heavy atom. The van der Waals surface area contributed by atoms with Gasteiger partial charge in [-0.1, -0.05) is 18.2 Å². The van der Waals surface area contributed by atoms with E-state index in [0.29, 0.717) is 19.5 Å². The van der Waals surface area contributed by atoms with E-state index >= 15 is 0 Å². The molecule has 5 heteroatoms. The summed E-state index contributed by atoms with van der Waals surface area (Å²) in [7, 11) is 1.74. The number of nitrogens with two attached hydrogens (primary N) is 1. The van der Waals surface area contributed by atoms with Crippen LogP contribution in [0.2, 0.25) is 0 Å². The molecule has 0 saturated heterocycles. The summed E-state index contributed by atoms with van der Waals surface area (Å²) >= 11 is 0. The highest BCUT2D eigenvalue weighted by Crippen LogP contribution is 2.17. The van der Waals surface area contributed by atoms with E-state index in [1.807, 2.05) is 24.3 Å². The number of benzene rings is 1. The van der Waals surface area contributed by atoms with Crippen LogP contribution in [0.5, 0.6) is 0 Å². The summed E-state index contributed by atoms with van der Waals surface area (Å²) in [6.07, 6.45) is 2.11. The van der Waals surface area contributed by atoms with Gasteiger partial charge < -0.3 is 16.0 Å². The van der Waals surface area contributed by atoms with Gasteiger partial charge in [0, 0.05) is 32.6 Å². The van der Waals surface area contributed by atoms with E-state index in [1.54, 1.807) is 11.9 Å². The normalized spacial score (nSPS) is 10.2. The van der Waals surface area contributed by atoms with Crippen molar-refractivity contribution in [1.82, 2.24) is 4.90 Å². The van der Waals surface area contributed by atoms with Gasteiger partial charge in [-0.25, -0.2) is 0 Å². The molecule has 0 aliphatic carbocycles. The van der Waals surface area contributed by atoms with Crippen molar-refractivity contribution in [2.24, 2.45) is 5.73 Å². The summed E-state index contributed by atoms with van der Waals surface area (Å²) in [6.45, 7) is 2.61. The zero-order valence-electron chi connectivity index (χ0n) is 12.2. The minimum atomic E-state index is -0.0172. The number of anilines is 1. The van der Waals surface area contributed by atoms with Gasteiger partial charge in [0.1, 0.15) is 0 Å². The Bertz CT molecular complexity index is 460. The van der Waals surface area contributed by atoms with E-state index in [4.69, 9.17) is 5.73 Å². The van der Waals surface area contributed by atoms with Crippen LogP contribution in [0.25, 0.3) is 0 Å². The first-order valence-electron chi connectivity index (χ1n) is 6.84. The van der Waals surface area contributed by atoms with E-state index < -0.39 is 0 Å². The number of unbranched alkanes of at least 4 members (excludes halogenated alkanes) is 1. The summed E-state index contributed by atoms with van der Waals surface area (Å²) in [5.74, 6) is -0.0227. The molecule has 0 aromatic heterocycles. The molecular formula is C15H23N3O2. The van der Waals surface area contributed by atoms with Crippen molar-refractivity contribution >= 4 is 17.5 Å². The van der Waals surface area contributed by atoms with Crippen LogP contribution >= 0.6 is 0 Å². The number of amides is 2. The lowest BCUT2D eigenvalue weighted by Crippen LogP contribution is -2.24. The van der Waals surface area contributed by atoms with Gasteiger partial charge in [-0.3, -0.25) is 9.59 Å². The second kappa shape index (κ2) is 8.32. The van der Waals surface area contributed by atoms with Crippen LogP contribution in [0.4, 0.5) is 5.69 Å². The van der Waals surface area contributed by atoms with Gasteiger partial charge in [0.05, 0.1) is 0 Å². The molecule has 1 rings (SSSR count). The third-order valence-corrected chi connectivity index (χ3v) is 3.09. The molecule has 0 aliphatic rings. The molecule has 0 bridgehead atoms. The molecule has 5 nitrogen and oxygen atoms in total. The maximum absolute atomic E-state index is 11.8. The largest absolute Gasteiger partial charge is 0.342 e. The lowest BCUT2D eigenvalue weighted by molar-refractivity contribution is -0.128. The zero-order valence-corrected chi connectivity index (χ0v) is 12.2. The van der Waals surface area contributed by atoms with Gasteiger partial charge in [0.15, 0.2) is 0 Å². The molecule has 0 heterocycles. The molecule has 20 heavy (non-hydrogen) atoms. The first-order chi connectivity index (χ1) is 9.54. The molecular weight excluding hydrogens is 254 g/mol. The number of para-hydroxylation sites is 1. The first-order valence-corrected chi connectivity index (χ1v) is 6.84. The van der Waals surface area contributed by atoms with Gasteiger partial charge in [-0.15, -0.1) is 0 Å². The molecule has 0 unspecified atom stereocenters. The predicted molar refractivity (Wildman–Crippen MR) is 80.1 cm³/mol. The Labute approximate surface area is 120 Å². The molecule has 0 saturated carbocycles. The summed E-state index contributed by atoms with van der Waals surface area (Å²) in [6, 6.07) is 7.53. The molecule has 3 N–H and O–H groups in total. The van der Waals surface area contributed by atoms with Crippen LogP contribution in [-0.2, 0) is 16.1 Å². The van der Waals surface area contributed by atoms with Crippen LogP contribution in [0.1, 0.15) is 31.7 Å². The smallest absolute Gasteiger partial charge is 0.224 e. The fourth-order valence-electron chi connectivity index (χ4n) is 1.79. The Hall–Kier alpha value is -1.88. The van der Waals surface area contributed by atoms with Crippen molar-refractivity contribution in [2.75, 3.05) is 18.9 Å². The van der Waals surface area contributed by atoms with Gasteiger partial charge in [0.2, 0.25) is 11.8 Å². The average Bonchev–Trinajstić information content (AvgIpc) is 2.41. The lowest BCUT2D eigenvalue weighted by Gasteiger charge is -2.17. The van der Waals surface area contributed by atoms with E-state index in [0.717, 1.165) is 24.1 Å². The number of hydrogen-bond donors (Lipinski definition) is 2. The van der Waals surface area contributed by atoms with Crippen molar-refractivity contribution < 1.29 is 9.59 Å². The molecule has 0 radical (unpaired) electrons. The highest BCUT2D eigenvalue weighted by Gasteiger charge is 2.09. The average molecular weight is 277 g/mol. The van der Waals surface area contributed by atoms with Crippen molar-refractivity contribution in [3.8, 4) is 0 Å². The van der Waals surface area contributed by atoms with Crippen molar-refractivity contribution in [2.45, 2.75) is 32.7 Å². The van der Waals surface area contributed by atoms with Crippen LogP contribution in [0, 0.1) is 0 Å². The number of nitrogens with zero attached hydrogens (tertiary/aromatic N) is 1. The highest BCUT2D eigenvalue weighted by molar-refractivity contribution is 5.91. The SMILES string of the molecule is CC(=O)N(C)Cc1ccccc1NC(=O)CCCCN. The fourth-order valence-corrected chi connectivity index (χ4v) is 1.79.